The molecule has 180 valence electrons. The van der Waals surface area contributed by atoms with Gasteiger partial charge in [0.2, 0.25) is 5.78 Å². The highest BCUT2D eigenvalue weighted by Gasteiger charge is 2.44. The number of benzene rings is 2. The number of nitrogens with zero attached hydrogens (tertiary/aromatic N) is 2. The van der Waals surface area contributed by atoms with Crippen LogP contribution in [0.3, 0.4) is 0 Å². The fourth-order valence-electron chi connectivity index (χ4n) is 4.29. The van der Waals surface area contributed by atoms with Crippen LogP contribution in [0.25, 0.3) is 0 Å². The van der Waals surface area contributed by atoms with Crippen LogP contribution < -0.4 is 4.74 Å². The van der Waals surface area contributed by atoms with Crippen LogP contribution in [0, 0.1) is 6.92 Å². The zero-order chi connectivity index (χ0) is 25.1. The van der Waals surface area contributed by atoms with Crippen molar-refractivity contribution in [3.05, 3.63) is 131 Å². The summed E-state index contributed by atoms with van der Waals surface area (Å²) in [4.78, 5) is 32.3. The number of aliphatic hydroxyl groups excluding tert-OH is 1. The number of hydrogen-bond acceptors (Lipinski definition) is 6. The number of aliphatic hydroxyl groups is 1. The van der Waals surface area contributed by atoms with E-state index in [0.29, 0.717) is 23.7 Å². The summed E-state index contributed by atoms with van der Waals surface area (Å²) in [6.45, 7) is 2.25. The smallest absolute Gasteiger partial charge is 0.290 e. The molecule has 0 saturated carbocycles. The molecule has 0 bridgehead atoms. The van der Waals surface area contributed by atoms with E-state index in [4.69, 9.17) is 9.15 Å². The summed E-state index contributed by atoms with van der Waals surface area (Å²) in [5.74, 6) is -0.556. The lowest BCUT2D eigenvalue weighted by Gasteiger charge is -2.27. The molecule has 1 amide bonds. The maximum Gasteiger partial charge on any atom is 0.290 e. The topological polar surface area (TPSA) is 92.9 Å². The number of aryl methyl sites for hydroxylation is 1. The first-order valence-electron chi connectivity index (χ1n) is 11.5. The van der Waals surface area contributed by atoms with Gasteiger partial charge in [0, 0.05) is 18.9 Å². The monoisotopic (exact) mass is 480 g/mol. The number of ether oxygens (including phenoxy) is 1. The quantitative estimate of drug-likeness (QED) is 0.342. The van der Waals surface area contributed by atoms with Gasteiger partial charge in [0.1, 0.15) is 18.1 Å². The molecule has 3 heterocycles. The van der Waals surface area contributed by atoms with Crippen LogP contribution in [0.1, 0.15) is 39.0 Å². The van der Waals surface area contributed by atoms with Gasteiger partial charge in [0.05, 0.1) is 11.6 Å². The molecule has 2 aromatic carbocycles. The van der Waals surface area contributed by atoms with Crippen molar-refractivity contribution in [3.8, 4) is 5.75 Å². The molecular weight excluding hydrogens is 456 g/mol. The van der Waals surface area contributed by atoms with E-state index in [1.165, 1.54) is 4.90 Å². The molecule has 0 unspecified atom stereocenters. The average molecular weight is 481 g/mol. The van der Waals surface area contributed by atoms with Crippen LogP contribution in [0.5, 0.6) is 5.75 Å². The molecule has 0 radical (unpaired) electrons. The van der Waals surface area contributed by atoms with E-state index in [9.17, 15) is 14.7 Å². The number of ketones is 1. The number of carbonyl (C=O) groups is 2. The Bertz CT molecular complexity index is 1430. The summed E-state index contributed by atoms with van der Waals surface area (Å²) in [7, 11) is 0. The Morgan fingerprint density at radius 3 is 2.56 bits per heavy atom. The van der Waals surface area contributed by atoms with E-state index in [1.807, 2.05) is 48.5 Å². The van der Waals surface area contributed by atoms with Crippen molar-refractivity contribution in [1.29, 1.82) is 0 Å². The SMILES string of the molecule is Cc1ccc(C(=O)C2=C(O)C(=O)N(Cc3cccnc3)[C@@H]2c2cccc(OCc3ccccc3)c2)o1. The van der Waals surface area contributed by atoms with Gasteiger partial charge in [-0.3, -0.25) is 14.6 Å². The average Bonchev–Trinajstić information content (AvgIpc) is 3.45. The second kappa shape index (κ2) is 9.92. The third kappa shape index (κ3) is 4.63. The van der Waals surface area contributed by atoms with Gasteiger partial charge in [-0.2, -0.15) is 0 Å². The minimum atomic E-state index is -0.837. The normalized spacial score (nSPS) is 15.4. The minimum Gasteiger partial charge on any atom is -0.503 e. The van der Waals surface area contributed by atoms with Gasteiger partial charge in [0.15, 0.2) is 11.5 Å². The molecular formula is C29H24N2O5. The zero-order valence-electron chi connectivity index (χ0n) is 19.6. The van der Waals surface area contributed by atoms with Crippen molar-refractivity contribution in [3.63, 3.8) is 0 Å². The van der Waals surface area contributed by atoms with E-state index in [2.05, 4.69) is 4.98 Å². The number of hydrogen-bond donors (Lipinski definition) is 1. The fraction of sp³-hybridized carbons (Fsp3) is 0.138. The van der Waals surface area contributed by atoms with Gasteiger partial charge >= 0.3 is 0 Å². The Hall–Kier alpha value is -4.65. The molecule has 7 nitrogen and oxygen atoms in total. The van der Waals surface area contributed by atoms with E-state index >= 15 is 0 Å². The van der Waals surface area contributed by atoms with Gasteiger partial charge in [0.25, 0.3) is 5.91 Å². The van der Waals surface area contributed by atoms with Crippen molar-refractivity contribution in [2.24, 2.45) is 0 Å². The van der Waals surface area contributed by atoms with Crippen LogP contribution in [0.4, 0.5) is 0 Å². The maximum atomic E-state index is 13.5. The minimum absolute atomic E-state index is 0.0292. The van der Waals surface area contributed by atoms with E-state index in [-0.39, 0.29) is 17.9 Å². The molecule has 7 heteroatoms. The first-order chi connectivity index (χ1) is 17.5. The molecule has 0 saturated heterocycles. The van der Waals surface area contributed by atoms with Crippen molar-refractivity contribution in [1.82, 2.24) is 9.88 Å². The summed E-state index contributed by atoms with van der Waals surface area (Å²) in [6, 6.07) is 23.0. The number of furan rings is 1. The Labute approximate surface area is 208 Å². The lowest BCUT2D eigenvalue weighted by atomic mass is 9.94. The van der Waals surface area contributed by atoms with Crippen LogP contribution in [0.2, 0.25) is 0 Å². The van der Waals surface area contributed by atoms with Crippen LogP contribution >= 0.6 is 0 Å². The highest BCUT2D eigenvalue weighted by molar-refractivity contribution is 6.15. The van der Waals surface area contributed by atoms with Gasteiger partial charge in [-0.05, 0) is 53.9 Å². The number of amides is 1. The van der Waals surface area contributed by atoms with Crippen LogP contribution in [0.15, 0.2) is 107 Å². The van der Waals surface area contributed by atoms with Crippen molar-refractivity contribution < 1.29 is 23.8 Å². The number of carbonyl (C=O) groups excluding carboxylic acids is 2. The highest BCUT2D eigenvalue weighted by atomic mass is 16.5. The van der Waals surface area contributed by atoms with Gasteiger partial charge in [-0.25, -0.2) is 0 Å². The van der Waals surface area contributed by atoms with E-state index < -0.39 is 23.5 Å². The molecule has 0 spiro atoms. The van der Waals surface area contributed by atoms with Crippen LogP contribution in [-0.4, -0.2) is 26.7 Å². The summed E-state index contributed by atoms with van der Waals surface area (Å²) in [5.41, 5.74) is 2.38. The summed E-state index contributed by atoms with van der Waals surface area (Å²) in [5, 5.41) is 10.9. The molecule has 5 rings (SSSR count). The predicted molar refractivity (Wildman–Crippen MR) is 132 cm³/mol. The predicted octanol–water partition coefficient (Wildman–Crippen LogP) is 5.34. The van der Waals surface area contributed by atoms with E-state index in [1.54, 1.807) is 49.6 Å². The fourth-order valence-corrected chi connectivity index (χ4v) is 4.29. The number of Topliss-reactive ketones (excluding diaryl/α,β-unsaturated/α-hetero) is 1. The second-order valence-electron chi connectivity index (χ2n) is 8.55. The number of aromatic nitrogens is 1. The molecule has 4 aromatic rings. The van der Waals surface area contributed by atoms with Crippen molar-refractivity contribution >= 4 is 11.7 Å². The molecule has 1 atom stereocenters. The van der Waals surface area contributed by atoms with E-state index in [0.717, 1.165) is 11.1 Å². The molecule has 2 aromatic heterocycles. The number of pyridine rings is 1. The summed E-state index contributed by atoms with van der Waals surface area (Å²) < 4.78 is 11.5. The Morgan fingerprint density at radius 1 is 1.03 bits per heavy atom. The van der Waals surface area contributed by atoms with Crippen LogP contribution in [-0.2, 0) is 17.9 Å². The molecule has 1 aliphatic heterocycles. The lowest BCUT2D eigenvalue weighted by molar-refractivity contribution is -0.130. The van der Waals surface area contributed by atoms with Gasteiger partial charge < -0.3 is 19.2 Å². The molecule has 1 aliphatic rings. The first-order valence-corrected chi connectivity index (χ1v) is 11.5. The molecule has 0 fully saturated rings. The standard InChI is InChI=1S/C29H24N2O5/c1-19-12-13-24(36-19)27(32)25-26(31(29(34)28(25)33)17-21-9-6-14-30-16-21)22-10-5-11-23(15-22)35-18-20-7-3-2-4-8-20/h2-16,26,33H,17-18H2,1H3/t26-/m1/s1. The lowest BCUT2D eigenvalue weighted by Crippen LogP contribution is -2.30. The third-order valence-corrected chi connectivity index (χ3v) is 6.01. The third-order valence-electron chi connectivity index (χ3n) is 6.01. The molecule has 1 N–H and O–H groups in total. The summed E-state index contributed by atoms with van der Waals surface area (Å²) in [6.07, 6.45) is 3.29. The van der Waals surface area contributed by atoms with Crippen molar-refractivity contribution in [2.45, 2.75) is 26.1 Å². The molecule has 0 aliphatic carbocycles. The highest BCUT2D eigenvalue weighted by Crippen LogP contribution is 2.41. The maximum absolute atomic E-state index is 13.5. The second-order valence-corrected chi connectivity index (χ2v) is 8.55. The zero-order valence-corrected chi connectivity index (χ0v) is 19.6. The largest absolute Gasteiger partial charge is 0.503 e. The van der Waals surface area contributed by atoms with Gasteiger partial charge in [-0.15, -0.1) is 0 Å². The Morgan fingerprint density at radius 2 is 1.83 bits per heavy atom. The Balaban J connectivity index is 1.52. The van der Waals surface area contributed by atoms with Crippen molar-refractivity contribution in [2.75, 3.05) is 0 Å². The summed E-state index contributed by atoms with van der Waals surface area (Å²) >= 11 is 0. The number of rotatable bonds is 8. The Kier molecular flexibility index (Phi) is 6.36. The first kappa shape index (κ1) is 23.1. The molecule has 36 heavy (non-hydrogen) atoms. The van der Waals surface area contributed by atoms with Gasteiger partial charge in [-0.1, -0.05) is 48.5 Å².